The number of benzene rings is 1. The van der Waals surface area contributed by atoms with E-state index in [4.69, 9.17) is 0 Å². The molecular formula is C14H19N3O. The van der Waals surface area contributed by atoms with Gasteiger partial charge in [-0.25, -0.2) is 4.99 Å². The lowest BCUT2D eigenvalue weighted by Gasteiger charge is -2.20. The quantitative estimate of drug-likeness (QED) is 0.875. The van der Waals surface area contributed by atoms with Gasteiger partial charge in [0, 0.05) is 14.1 Å². The zero-order chi connectivity index (χ0) is 13.2. The van der Waals surface area contributed by atoms with Gasteiger partial charge in [0.15, 0.2) is 5.84 Å². The van der Waals surface area contributed by atoms with Gasteiger partial charge in [0.2, 0.25) is 0 Å². The van der Waals surface area contributed by atoms with Crippen LogP contribution in [-0.2, 0) is 11.2 Å². The third-order valence-electron chi connectivity index (χ3n) is 3.11. The average molecular weight is 245 g/mol. The highest BCUT2D eigenvalue weighted by atomic mass is 16.2. The molecule has 4 nitrogen and oxygen atoms in total. The average Bonchev–Trinajstić information content (AvgIpc) is 2.65. The van der Waals surface area contributed by atoms with Crippen LogP contribution in [0.4, 0.5) is 0 Å². The molecule has 1 aliphatic heterocycles. The molecule has 4 heteroatoms. The van der Waals surface area contributed by atoms with Crippen LogP contribution in [0, 0.1) is 0 Å². The number of carbonyl (C=O) groups is 1. The Balaban J connectivity index is 2.04. The first-order valence-corrected chi connectivity index (χ1v) is 6.14. The molecule has 1 unspecified atom stereocenters. The first-order valence-electron chi connectivity index (χ1n) is 6.14. The summed E-state index contributed by atoms with van der Waals surface area (Å²) >= 11 is 0. The molecule has 0 bridgehead atoms. The lowest BCUT2D eigenvalue weighted by atomic mass is 10.0. The minimum absolute atomic E-state index is 0.0874. The van der Waals surface area contributed by atoms with Crippen LogP contribution < -0.4 is 5.32 Å². The monoisotopic (exact) mass is 245 g/mol. The number of aliphatic imine (C=N–C) groups is 1. The largest absolute Gasteiger partial charge is 0.358 e. The number of amidine groups is 1. The van der Waals surface area contributed by atoms with Crippen LogP contribution in [0.1, 0.15) is 18.9 Å². The molecule has 0 aliphatic carbocycles. The molecule has 1 amide bonds. The summed E-state index contributed by atoms with van der Waals surface area (Å²) in [6.45, 7) is 1.96. The molecule has 96 valence electrons. The zero-order valence-corrected chi connectivity index (χ0v) is 11.1. The molecule has 1 aliphatic rings. The van der Waals surface area contributed by atoms with Crippen LogP contribution in [0.15, 0.2) is 35.3 Å². The van der Waals surface area contributed by atoms with E-state index in [2.05, 4.69) is 22.4 Å². The van der Waals surface area contributed by atoms with Crippen molar-refractivity contribution in [3.63, 3.8) is 0 Å². The van der Waals surface area contributed by atoms with Crippen LogP contribution in [0.2, 0.25) is 0 Å². The first kappa shape index (κ1) is 12.6. The topological polar surface area (TPSA) is 44.7 Å². The Labute approximate surface area is 108 Å². The predicted octanol–water partition coefficient (Wildman–Crippen LogP) is 1.43. The van der Waals surface area contributed by atoms with Gasteiger partial charge in [-0.15, -0.1) is 0 Å². The van der Waals surface area contributed by atoms with Crippen LogP contribution in [0.25, 0.3) is 0 Å². The Bertz CT molecular complexity index is 467. The summed E-state index contributed by atoms with van der Waals surface area (Å²) in [5, 5.41) is 2.95. The number of amides is 1. The van der Waals surface area contributed by atoms with E-state index in [-0.39, 0.29) is 5.91 Å². The fourth-order valence-electron chi connectivity index (χ4n) is 2.07. The molecule has 1 N–H and O–H groups in total. The number of aryl methyl sites for hydroxylation is 1. The SMILES string of the molecule is CN(C)C1=NC(C)(CCc2ccccc2)NC1=O. The van der Waals surface area contributed by atoms with Crippen LogP contribution in [-0.4, -0.2) is 36.4 Å². The van der Waals surface area contributed by atoms with Crippen molar-refractivity contribution in [3.05, 3.63) is 35.9 Å². The lowest BCUT2D eigenvalue weighted by molar-refractivity contribution is -0.115. The van der Waals surface area contributed by atoms with E-state index in [1.165, 1.54) is 5.56 Å². The van der Waals surface area contributed by atoms with Gasteiger partial charge in [0.1, 0.15) is 5.66 Å². The maximum absolute atomic E-state index is 11.8. The van der Waals surface area contributed by atoms with Crippen molar-refractivity contribution >= 4 is 11.7 Å². The summed E-state index contributed by atoms with van der Waals surface area (Å²) in [7, 11) is 3.67. The molecule has 0 saturated heterocycles. The van der Waals surface area contributed by atoms with Gasteiger partial charge in [0.05, 0.1) is 0 Å². The van der Waals surface area contributed by atoms with Crippen molar-refractivity contribution in [2.45, 2.75) is 25.4 Å². The van der Waals surface area contributed by atoms with E-state index in [1.54, 1.807) is 4.90 Å². The lowest BCUT2D eigenvalue weighted by Crippen LogP contribution is -2.41. The van der Waals surface area contributed by atoms with E-state index >= 15 is 0 Å². The summed E-state index contributed by atoms with van der Waals surface area (Å²) in [5.41, 5.74) is 0.786. The number of hydrogen-bond donors (Lipinski definition) is 1. The Hall–Kier alpha value is -1.84. The summed E-state index contributed by atoms with van der Waals surface area (Å²) < 4.78 is 0. The molecule has 0 spiro atoms. The van der Waals surface area contributed by atoms with E-state index in [1.807, 2.05) is 39.2 Å². The number of hydrogen-bond acceptors (Lipinski definition) is 3. The Morgan fingerprint density at radius 1 is 1.28 bits per heavy atom. The van der Waals surface area contributed by atoms with E-state index < -0.39 is 5.66 Å². The second-order valence-electron chi connectivity index (χ2n) is 5.04. The van der Waals surface area contributed by atoms with Crippen molar-refractivity contribution in [1.29, 1.82) is 0 Å². The smallest absolute Gasteiger partial charge is 0.288 e. The minimum Gasteiger partial charge on any atom is -0.358 e. The number of nitrogens with one attached hydrogen (secondary N) is 1. The van der Waals surface area contributed by atoms with E-state index in [0.717, 1.165) is 12.8 Å². The number of carbonyl (C=O) groups excluding carboxylic acids is 1. The third-order valence-corrected chi connectivity index (χ3v) is 3.11. The Morgan fingerprint density at radius 3 is 2.50 bits per heavy atom. The summed E-state index contributed by atoms with van der Waals surface area (Å²) in [6.07, 6.45) is 1.71. The van der Waals surface area contributed by atoms with Gasteiger partial charge in [-0.2, -0.15) is 0 Å². The Morgan fingerprint density at radius 2 is 1.94 bits per heavy atom. The van der Waals surface area contributed by atoms with Gasteiger partial charge < -0.3 is 10.2 Å². The minimum atomic E-state index is -0.480. The third kappa shape index (κ3) is 2.70. The van der Waals surface area contributed by atoms with Crippen LogP contribution in [0.5, 0.6) is 0 Å². The van der Waals surface area contributed by atoms with Gasteiger partial charge >= 0.3 is 0 Å². The fourth-order valence-corrected chi connectivity index (χ4v) is 2.07. The van der Waals surface area contributed by atoms with Crippen molar-refractivity contribution in [1.82, 2.24) is 10.2 Å². The normalized spacial score (nSPS) is 22.6. The van der Waals surface area contributed by atoms with Gasteiger partial charge in [-0.3, -0.25) is 4.79 Å². The molecule has 0 fully saturated rings. The van der Waals surface area contributed by atoms with Crippen molar-refractivity contribution in [3.8, 4) is 0 Å². The van der Waals surface area contributed by atoms with Crippen molar-refractivity contribution < 1.29 is 4.79 Å². The van der Waals surface area contributed by atoms with E-state index in [0.29, 0.717) is 5.84 Å². The molecule has 0 radical (unpaired) electrons. The van der Waals surface area contributed by atoms with Crippen molar-refractivity contribution in [2.75, 3.05) is 14.1 Å². The Kier molecular flexibility index (Phi) is 3.36. The molecule has 1 aromatic carbocycles. The van der Waals surface area contributed by atoms with Gasteiger partial charge in [-0.1, -0.05) is 30.3 Å². The second-order valence-corrected chi connectivity index (χ2v) is 5.04. The van der Waals surface area contributed by atoms with E-state index in [9.17, 15) is 4.79 Å². The first-order chi connectivity index (χ1) is 8.50. The number of rotatable bonds is 3. The van der Waals surface area contributed by atoms with Crippen molar-refractivity contribution in [2.24, 2.45) is 4.99 Å². The van der Waals surface area contributed by atoms with Gasteiger partial charge in [0.25, 0.3) is 5.91 Å². The second kappa shape index (κ2) is 4.80. The zero-order valence-electron chi connectivity index (χ0n) is 11.1. The molecule has 18 heavy (non-hydrogen) atoms. The standard InChI is InChI=1S/C14H19N3O/c1-14(10-9-11-7-5-4-6-8-11)15-12(17(2)3)13(18)16-14/h4-8H,9-10H2,1-3H3,(H,16,18). The molecule has 0 aromatic heterocycles. The molecule has 1 aromatic rings. The highest BCUT2D eigenvalue weighted by Crippen LogP contribution is 2.20. The van der Waals surface area contributed by atoms with Crippen LogP contribution >= 0.6 is 0 Å². The molecular weight excluding hydrogens is 226 g/mol. The molecule has 2 rings (SSSR count). The maximum Gasteiger partial charge on any atom is 0.288 e. The summed E-state index contributed by atoms with van der Waals surface area (Å²) in [5.74, 6) is 0.418. The molecule has 1 atom stereocenters. The number of likely N-dealkylation sites (N-methyl/N-ethyl adjacent to an activating group) is 1. The highest BCUT2D eigenvalue weighted by molar-refractivity contribution is 6.39. The fraction of sp³-hybridized carbons (Fsp3) is 0.429. The van der Waals surface area contributed by atoms with Crippen LogP contribution in [0.3, 0.4) is 0 Å². The highest BCUT2D eigenvalue weighted by Gasteiger charge is 2.35. The number of nitrogens with zero attached hydrogens (tertiary/aromatic N) is 2. The van der Waals surface area contributed by atoms with Gasteiger partial charge in [-0.05, 0) is 25.3 Å². The molecule has 0 saturated carbocycles. The maximum atomic E-state index is 11.8. The summed E-state index contributed by atoms with van der Waals surface area (Å²) in [6, 6.07) is 10.2. The predicted molar refractivity (Wildman–Crippen MR) is 72.4 cm³/mol. The summed E-state index contributed by atoms with van der Waals surface area (Å²) in [4.78, 5) is 18.0. The molecule has 1 heterocycles.